The smallest absolute Gasteiger partial charge is 0.309 e. The molecule has 0 unspecified atom stereocenters. The predicted octanol–water partition coefficient (Wildman–Crippen LogP) is 9.81. The molecule has 5 saturated carbocycles. The molecule has 6 heteroatoms. The molecule has 0 amide bonds. The monoisotopic (exact) mass is 716 g/mol. The Morgan fingerprint density at radius 1 is 0.885 bits per heavy atom. The van der Waals surface area contributed by atoms with Gasteiger partial charge in [0.2, 0.25) is 0 Å². The Morgan fingerprint density at radius 3 is 2.25 bits per heavy atom. The molecule has 0 radical (unpaired) electrons. The number of hydrogen-bond acceptors (Lipinski definition) is 5. The zero-order valence-electron chi connectivity index (χ0n) is 35.5. The molecule has 10 atom stereocenters. The summed E-state index contributed by atoms with van der Waals surface area (Å²) in [6.45, 7) is 19.4. The molecule has 5 fully saturated rings. The number of hydrogen-bond donors (Lipinski definition) is 2. The summed E-state index contributed by atoms with van der Waals surface area (Å²) >= 11 is 0. The maximum Gasteiger partial charge on any atom is 0.309 e. The van der Waals surface area contributed by atoms with Crippen molar-refractivity contribution in [3.8, 4) is 0 Å². The molecule has 2 N–H and O–H groups in total. The molecule has 0 aliphatic heterocycles. The van der Waals surface area contributed by atoms with Gasteiger partial charge in [-0.05, 0) is 127 Å². The molecule has 0 saturated heterocycles. The van der Waals surface area contributed by atoms with Gasteiger partial charge in [-0.25, -0.2) is 0 Å². The van der Waals surface area contributed by atoms with Gasteiger partial charge in [-0.1, -0.05) is 98.2 Å². The van der Waals surface area contributed by atoms with E-state index in [9.17, 15) is 19.5 Å². The standard InChI is InChI=1S/C46H67NO5/c1-28(2)37-33(48)26-46(23-24-47-27-29-13-11-10-12-14-29)22-21-44(8)30(38(37)46)15-16-35-43(7)19-18-36(42(5,6)34(43)17-20-45(35,44)9)52-40(51)32-25-31(39(49)50)41(32,3)4/h10-14,28,30-32,34-36,47H,15-27H2,1-9H3,(H,49,50)/t30-,31+,32-,34+,35-,36+,43+,44-,45-,46-/m1/s1/i27D2. The topological polar surface area (TPSA) is 92.7 Å². The summed E-state index contributed by atoms with van der Waals surface area (Å²) in [6, 6.07) is 9.34. The summed E-state index contributed by atoms with van der Waals surface area (Å²) in [5, 5.41) is 12.9. The first-order valence-corrected chi connectivity index (χ1v) is 20.6. The fraction of sp³-hybridized carbons (Fsp3) is 0.761. The number of allylic oxidation sites excluding steroid dienone is 2. The SMILES string of the molecule is [2H]C([2H])(NCC[C@@]12CC[C@]3(C)[C@H](CC[C@@H]4[C@@]5(C)CC[C@H](OC(=O)[C@H]6C[C@@H](C(=O)O)C6(C)C)C(C)(C)[C@@H]5CC[C@]43C)C1=C(C(C)C)C(=O)C2)c1ccccc1. The van der Waals surface area contributed by atoms with Crippen molar-refractivity contribution in [1.29, 1.82) is 0 Å². The lowest BCUT2D eigenvalue weighted by Gasteiger charge is -2.72. The molecule has 6 aliphatic carbocycles. The minimum atomic E-state index is -1.64. The van der Waals surface area contributed by atoms with Gasteiger partial charge >= 0.3 is 11.9 Å². The fourth-order valence-corrected chi connectivity index (χ4v) is 14.2. The Bertz CT molecular complexity index is 1720. The average molecular weight is 716 g/mol. The third kappa shape index (κ3) is 5.44. The fourth-order valence-electron chi connectivity index (χ4n) is 14.2. The Morgan fingerprint density at radius 2 is 1.60 bits per heavy atom. The summed E-state index contributed by atoms with van der Waals surface area (Å²) in [4.78, 5) is 39.4. The number of aliphatic carboxylic acids is 1. The lowest BCUT2D eigenvalue weighted by Crippen LogP contribution is -2.66. The van der Waals surface area contributed by atoms with Crippen LogP contribution in [0.2, 0.25) is 0 Å². The summed E-state index contributed by atoms with van der Waals surface area (Å²) in [7, 11) is 0. The summed E-state index contributed by atoms with van der Waals surface area (Å²) in [5.74, 6) is -0.176. The van der Waals surface area contributed by atoms with Crippen molar-refractivity contribution in [2.24, 2.45) is 68.0 Å². The highest BCUT2D eigenvalue weighted by Gasteiger charge is 2.70. The van der Waals surface area contributed by atoms with E-state index in [0.717, 1.165) is 63.4 Å². The molecule has 1 aromatic rings. The molecule has 0 spiro atoms. The van der Waals surface area contributed by atoms with E-state index < -0.39 is 23.8 Å². The van der Waals surface area contributed by atoms with Crippen molar-refractivity contribution in [3.63, 3.8) is 0 Å². The Hall–Kier alpha value is -2.47. The average Bonchev–Trinajstić information content (AvgIpc) is 3.38. The van der Waals surface area contributed by atoms with E-state index in [0.29, 0.717) is 48.5 Å². The van der Waals surface area contributed by atoms with Crippen LogP contribution in [-0.4, -0.2) is 35.5 Å². The second kappa shape index (κ2) is 12.8. The molecule has 6 aliphatic rings. The second-order valence-electron chi connectivity index (χ2n) is 20.4. The molecular weight excluding hydrogens is 647 g/mol. The van der Waals surface area contributed by atoms with Crippen molar-refractivity contribution in [2.45, 2.75) is 146 Å². The molecule has 7 rings (SSSR count). The summed E-state index contributed by atoms with van der Waals surface area (Å²) < 4.78 is 24.0. The molecular formula is C46H67NO5. The van der Waals surface area contributed by atoms with Crippen molar-refractivity contribution in [3.05, 3.63) is 47.0 Å². The maximum absolute atomic E-state index is 14.1. The first-order valence-electron chi connectivity index (χ1n) is 21.6. The molecule has 1 aromatic carbocycles. The van der Waals surface area contributed by atoms with Crippen molar-refractivity contribution in [2.75, 3.05) is 6.54 Å². The van der Waals surface area contributed by atoms with E-state index >= 15 is 0 Å². The van der Waals surface area contributed by atoms with Gasteiger partial charge < -0.3 is 15.2 Å². The first kappa shape index (κ1) is 35.2. The van der Waals surface area contributed by atoms with Gasteiger partial charge in [-0.15, -0.1) is 0 Å². The van der Waals surface area contributed by atoms with Gasteiger partial charge in [-0.3, -0.25) is 14.4 Å². The van der Waals surface area contributed by atoms with Crippen LogP contribution in [0, 0.1) is 68.0 Å². The van der Waals surface area contributed by atoms with Gasteiger partial charge in [0, 0.05) is 26.5 Å². The second-order valence-corrected chi connectivity index (χ2v) is 20.4. The molecule has 286 valence electrons. The largest absolute Gasteiger partial charge is 0.481 e. The normalized spacial score (nSPS) is 42.5. The number of carbonyl (C=O) groups is 3. The van der Waals surface area contributed by atoms with Crippen LogP contribution in [0.15, 0.2) is 41.5 Å². The van der Waals surface area contributed by atoms with Crippen LogP contribution in [0.4, 0.5) is 0 Å². The molecule has 0 aromatic heterocycles. The lowest BCUT2D eigenvalue weighted by atomic mass is 9.33. The van der Waals surface area contributed by atoms with Crippen LogP contribution in [0.25, 0.3) is 0 Å². The predicted molar refractivity (Wildman–Crippen MR) is 205 cm³/mol. The van der Waals surface area contributed by atoms with E-state index in [1.165, 1.54) is 5.57 Å². The number of rotatable bonds is 9. The Kier molecular flexibility index (Phi) is 8.68. The zero-order valence-corrected chi connectivity index (χ0v) is 33.5. The van der Waals surface area contributed by atoms with E-state index in [-0.39, 0.29) is 51.0 Å². The molecule has 0 bridgehead atoms. The van der Waals surface area contributed by atoms with Crippen molar-refractivity contribution < 1.29 is 27.0 Å². The highest BCUT2D eigenvalue weighted by Crippen LogP contribution is 2.77. The van der Waals surface area contributed by atoms with E-state index in [2.05, 4.69) is 53.8 Å². The van der Waals surface area contributed by atoms with Crippen molar-refractivity contribution in [1.82, 2.24) is 5.32 Å². The Labute approximate surface area is 316 Å². The zero-order chi connectivity index (χ0) is 39.4. The van der Waals surface area contributed by atoms with Gasteiger partial charge in [0.05, 0.1) is 11.8 Å². The number of Topliss-reactive ketones (excluding diaryl/α,β-unsaturated/α-hetero) is 1. The Balaban J connectivity index is 1.12. The number of ether oxygens (including phenoxy) is 1. The number of benzene rings is 1. The lowest BCUT2D eigenvalue weighted by molar-refractivity contribution is -0.236. The number of carboxylic acid groups (broad SMARTS) is 1. The van der Waals surface area contributed by atoms with Gasteiger partial charge in [0.25, 0.3) is 0 Å². The quantitative estimate of drug-likeness (QED) is 0.248. The van der Waals surface area contributed by atoms with Gasteiger partial charge in [0.15, 0.2) is 5.78 Å². The van der Waals surface area contributed by atoms with Crippen LogP contribution < -0.4 is 5.32 Å². The van der Waals surface area contributed by atoms with Crippen LogP contribution in [0.3, 0.4) is 0 Å². The number of nitrogens with one attached hydrogen (secondary N) is 1. The van der Waals surface area contributed by atoms with Crippen LogP contribution in [0.1, 0.15) is 141 Å². The number of carbonyl (C=O) groups excluding carboxylic acids is 2. The van der Waals surface area contributed by atoms with Crippen LogP contribution in [-0.2, 0) is 25.6 Å². The van der Waals surface area contributed by atoms with Crippen molar-refractivity contribution >= 4 is 17.7 Å². The number of carboxylic acids is 1. The van der Waals surface area contributed by atoms with Crippen LogP contribution >= 0.6 is 0 Å². The molecule has 6 nitrogen and oxygen atoms in total. The molecule has 0 heterocycles. The first-order chi connectivity index (χ1) is 25.1. The van der Waals surface area contributed by atoms with E-state index in [1.807, 2.05) is 44.2 Å². The number of ketones is 1. The van der Waals surface area contributed by atoms with E-state index in [1.54, 1.807) is 0 Å². The van der Waals surface area contributed by atoms with Gasteiger partial charge in [0.1, 0.15) is 6.10 Å². The molecule has 52 heavy (non-hydrogen) atoms. The number of esters is 1. The maximum atomic E-state index is 14.1. The van der Waals surface area contributed by atoms with Crippen LogP contribution in [0.5, 0.6) is 0 Å². The summed E-state index contributed by atoms with van der Waals surface area (Å²) in [6.07, 6.45) is 9.82. The third-order valence-corrected chi connectivity index (χ3v) is 17.4. The highest BCUT2D eigenvalue weighted by atomic mass is 16.5. The van der Waals surface area contributed by atoms with Gasteiger partial charge in [-0.2, -0.15) is 0 Å². The third-order valence-electron chi connectivity index (χ3n) is 17.4. The minimum Gasteiger partial charge on any atom is -0.481 e. The number of fused-ring (bicyclic) bond motifs is 7. The summed E-state index contributed by atoms with van der Waals surface area (Å²) in [5.41, 5.74) is 2.36. The minimum absolute atomic E-state index is 0.0451. The van der Waals surface area contributed by atoms with E-state index in [4.69, 9.17) is 7.48 Å². The highest BCUT2D eigenvalue weighted by molar-refractivity contribution is 6.00.